The number of carbonyl (C=O) groups excluding carboxylic acids is 1. The number of nitrogens with one attached hydrogen (secondary N) is 1. The van der Waals surface area contributed by atoms with Crippen LogP contribution < -0.4 is 5.32 Å². The van der Waals surface area contributed by atoms with Gasteiger partial charge >= 0.3 is 0 Å². The third-order valence-corrected chi connectivity index (χ3v) is 11.2. The molecule has 0 radical (unpaired) electrons. The normalized spacial score (nSPS) is 29.2. The molecule has 0 aromatic carbocycles. The molecule has 1 amide bonds. The lowest BCUT2D eigenvalue weighted by atomic mass is 9.97. The standard InChI is InChI=1S/C43H81NO13/c1-3-5-7-9-11-13-15-16-17-19-21-23-25-27-35(48)44-31(32(47)26-24-22-20-18-14-12-10-8-6-4-2)30-54-42-40(53)38(51)41(34(29-46)56-42)57-43-39(52)37(50)36(49)33(28-45)55-43/h24,26,31-34,36-43,45-47,49-53H,3-23,25,27-30H2,1-2H3,(H,44,48)/b26-24+. The highest BCUT2D eigenvalue weighted by Crippen LogP contribution is 2.30. The Hall–Kier alpha value is -1.27. The molecule has 2 heterocycles. The van der Waals surface area contributed by atoms with Crippen molar-refractivity contribution in [3.63, 3.8) is 0 Å². The Morgan fingerprint density at radius 2 is 1.09 bits per heavy atom. The smallest absolute Gasteiger partial charge is 0.220 e. The second kappa shape index (κ2) is 31.6. The van der Waals surface area contributed by atoms with E-state index in [1.165, 1.54) is 96.3 Å². The van der Waals surface area contributed by atoms with E-state index in [2.05, 4.69) is 19.2 Å². The van der Waals surface area contributed by atoms with Crippen LogP contribution >= 0.6 is 0 Å². The van der Waals surface area contributed by atoms with Gasteiger partial charge in [0.05, 0.1) is 32.0 Å². The van der Waals surface area contributed by atoms with Gasteiger partial charge in [0.25, 0.3) is 0 Å². The number of aliphatic hydroxyl groups excluding tert-OH is 8. The van der Waals surface area contributed by atoms with Gasteiger partial charge in [-0.1, -0.05) is 148 Å². The first-order valence-electron chi connectivity index (χ1n) is 22.4. The molecule has 0 aromatic rings. The van der Waals surface area contributed by atoms with Crippen LogP contribution in [0, 0.1) is 0 Å². The van der Waals surface area contributed by atoms with Crippen molar-refractivity contribution in [2.24, 2.45) is 0 Å². The maximum atomic E-state index is 13.1. The van der Waals surface area contributed by atoms with E-state index in [0.717, 1.165) is 38.5 Å². The fraction of sp³-hybridized carbons (Fsp3) is 0.930. The van der Waals surface area contributed by atoms with E-state index in [1.54, 1.807) is 6.08 Å². The zero-order valence-corrected chi connectivity index (χ0v) is 35.1. The Bertz CT molecular complexity index is 1020. The van der Waals surface area contributed by atoms with Gasteiger partial charge in [-0.25, -0.2) is 0 Å². The molecule has 2 fully saturated rings. The summed E-state index contributed by atoms with van der Waals surface area (Å²) in [4.78, 5) is 13.1. The van der Waals surface area contributed by atoms with Crippen molar-refractivity contribution in [2.75, 3.05) is 19.8 Å². The molecule has 57 heavy (non-hydrogen) atoms. The van der Waals surface area contributed by atoms with E-state index >= 15 is 0 Å². The van der Waals surface area contributed by atoms with Gasteiger partial charge in [-0.05, 0) is 19.3 Å². The van der Waals surface area contributed by atoms with Crippen LogP contribution in [-0.2, 0) is 23.7 Å². The van der Waals surface area contributed by atoms with Crippen LogP contribution in [0.25, 0.3) is 0 Å². The Morgan fingerprint density at radius 1 is 0.614 bits per heavy atom. The molecule has 9 N–H and O–H groups in total. The number of hydrogen-bond donors (Lipinski definition) is 9. The van der Waals surface area contributed by atoms with Crippen LogP contribution in [0.1, 0.15) is 162 Å². The lowest BCUT2D eigenvalue weighted by molar-refractivity contribution is -0.359. The van der Waals surface area contributed by atoms with Crippen molar-refractivity contribution < 1.29 is 64.6 Å². The largest absolute Gasteiger partial charge is 0.394 e. The van der Waals surface area contributed by atoms with E-state index in [1.807, 2.05) is 6.08 Å². The van der Waals surface area contributed by atoms with Gasteiger partial charge in [0.15, 0.2) is 12.6 Å². The van der Waals surface area contributed by atoms with Crippen LogP contribution in [0.5, 0.6) is 0 Å². The van der Waals surface area contributed by atoms with Gasteiger partial charge in [0.1, 0.15) is 48.8 Å². The summed E-state index contributed by atoms with van der Waals surface area (Å²) in [5.74, 6) is -0.242. The number of aliphatic hydroxyl groups is 8. The minimum absolute atomic E-state index is 0.242. The van der Waals surface area contributed by atoms with Crippen LogP contribution in [-0.4, -0.2) is 140 Å². The minimum Gasteiger partial charge on any atom is -0.394 e. The van der Waals surface area contributed by atoms with Crippen molar-refractivity contribution in [1.82, 2.24) is 5.32 Å². The van der Waals surface area contributed by atoms with Gasteiger partial charge < -0.3 is 65.1 Å². The predicted octanol–water partition coefficient (Wildman–Crippen LogP) is 4.04. The first-order chi connectivity index (χ1) is 27.6. The van der Waals surface area contributed by atoms with E-state index in [9.17, 15) is 45.6 Å². The number of amides is 1. The minimum atomic E-state index is -1.78. The molecule has 336 valence electrons. The molecule has 2 aliphatic heterocycles. The number of carbonyl (C=O) groups is 1. The second-order valence-corrected chi connectivity index (χ2v) is 16.2. The Labute approximate surface area is 342 Å². The van der Waals surface area contributed by atoms with Crippen molar-refractivity contribution in [2.45, 2.75) is 235 Å². The Morgan fingerprint density at radius 3 is 1.61 bits per heavy atom. The highest BCUT2D eigenvalue weighted by atomic mass is 16.7. The number of ether oxygens (including phenoxy) is 4. The fourth-order valence-electron chi connectivity index (χ4n) is 7.47. The highest BCUT2D eigenvalue weighted by Gasteiger charge is 2.50. The van der Waals surface area contributed by atoms with Gasteiger partial charge in [-0.15, -0.1) is 0 Å². The Kier molecular flexibility index (Phi) is 28.7. The summed E-state index contributed by atoms with van der Waals surface area (Å²) in [6.45, 7) is 2.73. The van der Waals surface area contributed by atoms with Crippen molar-refractivity contribution in [3.05, 3.63) is 12.2 Å². The van der Waals surface area contributed by atoms with Gasteiger partial charge in [0.2, 0.25) is 5.91 Å². The number of rotatable bonds is 33. The summed E-state index contributed by atoms with van der Waals surface area (Å²) < 4.78 is 22.6. The van der Waals surface area contributed by atoms with Gasteiger partial charge in [-0.2, -0.15) is 0 Å². The molecule has 14 nitrogen and oxygen atoms in total. The lowest BCUT2D eigenvalue weighted by Crippen LogP contribution is -2.65. The van der Waals surface area contributed by atoms with Crippen molar-refractivity contribution in [1.29, 1.82) is 0 Å². The molecule has 14 heteroatoms. The number of unbranched alkanes of at least 4 members (excludes halogenated alkanes) is 20. The van der Waals surface area contributed by atoms with E-state index in [-0.39, 0.29) is 18.9 Å². The van der Waals surface area contributed by atoms with Gasteiger partial charge in [0, 0.05) is 6.42 Å². The molecule has 2 rings (SSSR count). The third-order valence-electron chi connectivity index (χ3n) is 11.2. The van der Waals surface area contributed by atoms with E-state index in [4.69, 9.17) is 18.9 Å². The summed E-state index contributed by atoms with van der Waals surface area (Å²) in [5, 5.41) is 86.3. The predicted molar refractivity (Wildman–Crippen MR) is 217 cm³/mol. The maximum Gasteiger partial charge on any atom is 0.220 e. The number of hydrogen-bond acceptors (Lipinski definition) is 13. The maximum absolute atomic E-state index is 13.1. The molecule has 2 aliphatic rings. The highest BCUT2D eigenvalue weighted by molar-refractivity contribution is 5.76. The van der Waals surface area contributed by atoms with Crippen molar-refractivity contribution >= 4 is 5.91 Å². The average molecular weight is 820 g/mol. The second-order valence-electron chi connectivity index (χ2n) is 16.2. The number of allylic oxidation sites excluding steroid dienone is 1. The quantitative estimate of drug-likeness (QED) is 0.0337. The molecule has 0 spiro atoms. The van der Waals surface area contributed by atoms with E-state index in [0.29, 0.717) is 6.42 Å². The summed E-state index contributed by atoms with van der Waals surface area (Å²) in [6, 6.07) is -0.905. The summed E-state index contributed by atoms with van der Waals surface area (Å²) in [7, 11) is 0. The SMILES string of the molecule is CCCCCCCCCC/C=C/C(O)C(COC1OC(CO)C(OC2OC(CO)C(O)C(O)C2O)C(O)C1O)NC(=O)CCCCCCCCCCCCCCC. The molecule has 0 aliphatic carbocycles. The molecule has 0 bridgehead atoms. The topological polar surface area (TPSA) is 228 Å². The van der Waals surface area contributed by atoms with Crippen LogP contribution in [0.15, 0.2) is 12.2 Å². The first-order valence-corrected chi connectivity index (χ1v) is 22.4. The average Bonchev–Trinajstić information content (AvgIpc) is 3.21. The Balaban J connectivity index is 1.91. The van der Waals surface area contributed by atoms with Crippen molar-refractivity contribution in [3.8, 4) is 0 Å². The zero-order chi connectivity index (χ0) is 41.8. The molecule has 0 saturated carbocycles. The van der Waals surface area contributed by atoms with Crippen LogP contribution in [0.3, 0.4) is 0 Å². The van der Waals surface area contributed by atoms with Crippen LogP contribution in [0.2, 0.25) is 0 Å². The first kappa shape index (κ1) is 51.9. The molecule has 12 atom stereocenters. The molecule has 0 aromatic heterocycles. The fourth-order valence-corrected chi connectivity index (χ4v) is 7.47. The zero-order valence-electron chi connectivity index (χ0n) is 35.1. The molecular weight excluding hydrogens is 738 g/mol. The summed E-state index contributed by atoms with van der Waals surface area (Å²) in [5.41, 5.74) is 0. The third kappa shape index (κ3) is 20.2. The molecular formula is C43H81NO13. The van der Waals surface area contributed by atoms with Crippen LogP contribution in [0.4, 0.5) is 0 Å². The summed E-state index contributed by atoms with van der Waals surface area (Å²) >= 11 is 0. The van der Waals surface area contributed by atoms with Gasteiger partial charge in [-0.3, -0.25) is 4.79 Å². The summed E-state index contributed by atoms with van der Waals surface area (Å²) in [6.07, 6.45) is 12.7. The molecule has 12 unspecified atom stereocenters. The lowest BCUT2D eigenvalue weighted by Gasteiger charge is -2.46. The monoisotopic (exact) mass is 820 g/mol. The molecule has 2 saturated heterocycles. The van der Waals surface area contributed by atoms with E-state index < -0.39 is 86.8 Å².